The van der Waals surface area contributed by atoms with Crippen molar-refractivity contribution in [1.29, 1.82) is 0 Å². The van der Waals surface area contributed by atoms with Crippen LogP contribution in [0, 0.1) is 0 Å². The Kier molecular flexibility index (Phi) is 4.59. The van der Waals surface area contributed by atoms with Crippen LogP contribution in [0.25, 0.3) is 10.2 Å². The highest BCUT2D eigenvalue weighted by molar-refractivity contribution is 7.17. The molecule has 2 heterocycles. The molecule has 0 unspecified atom stereocenters. The van der Waals surface area contributed by atoms with Crippen LogP contribution in [0.4, 0.5) is 5.69 Å². The van der Waals surface area contributed by atoms with Crippen LogP contribution in [0.5, 0.6) is 0 Å². The van der Waals surface area contributed by atoms with E-state index in [1.807, 2.05) is 59.5 Å². The predicted octanol–water partition coefficient (Wildman–Crippen LogP) is 5.57. The Balaban J connectivity index is 1.77. The molecule has 0 atom stereocenters. The number of aromatic nitrogens is 1. The number of hydrogen-bond acceptors (Lipinski definition) is 2. The minimum absolute atomic E-state index is 0.0327. The van der Waals surface area contributed by atoms with E-state index in [9.17, 15) is 4.79 Å². The van der Waals surface area contributed by atoms with Gasteiger partial charge < -0.3 is 9.47 Å². The zero-order chi connectivity index (χ0) is 17.9. The molecule has 130 valence electrons. The van der Waals surface area contributed by atoms with Crippen molar-refractivity contribution in [2.45, 2.75) is 20.0 Å². The van der Waals surface area contributed by atoms with Gasteiger partial charge in [-0.3, -0.25) is 4.79 Å². The fourth-order valence-corrected chi connectivity index (χ4v) is 4.11. The Hall–Kier alpha value is -2.85. The highest BCUT2D eigenvalue weighted by Crippen LogP contribution is 2.28. The van der Waals surface area contributed by atoms with E-state index in [1.165, 1.54) is 0 Å². The lowest BCUT2D eigenvalue weighted by Crippen LogP contribution is -2.32. The maximum Gasteiger partial charge on any atom is 0.275 e. The summed E-state index contributed by atoms with van der Waals surface area (Å²) in [6.45, 7) is 3.40. The van der Waals surface area contributed by atoms with E-state index in [4.69, 9.17) is 0 Å². The zero-order valence-corrected chi connectivity index (χ0v) is 15.4. The van der Waals surface area contributed by atoms with Crippen LogP contribution >= 0.6 is 11.3 Å². The average Bonchev–Trinajstić information content (AvgIpc) is 3.28. The zero-order valence-electron chi connectivity index (χ0n) is 14.6. The maximum atomic E-state index is 13.5. The van der Waals surface area contributed by atoms with E-state index in [-0.39, 0.29) is 5.91 Å². The average molecular weight is 360 g/mol. The van der Waals surface area contributed by atoms with Crippen LogP contribution in [0.3, 0.4) is 0 Å². The number of anilines is 1. The third kappa shape index (κ3) is 3.04. The second-order valence-corrected chi connectivity index (χ2v) is 7.10. The van der Waals surface area contributed by atoms with Gasteiger partial charge in [0.1, 0.15) is 5.69 Å². The van der Waals surface area contributed by atoms with E-state index in [0.717, 1.165) is 33.7 Å². The highest BCUT2D eigenvalue weighted by atomic mass is 32.1. The number of carbonyl (C=O) groups excluding carboxylic acids is 1. The highest BCUT2D eigenvalue weighted by Gasteiger charge is 2.23. The van der Waals surface area contributed by atoms with Crippen LogP contribution in [-0.2, 0) is 13.1 Å². The Morgan fingerprint density at radius 3 is 2.38 bits per heavy atom. The van der Waals surface area contributed by atoms with Crippen molar-refractivity contribution in [1.82, 2.24) is 4.57 Å². The van der Waals surface area contributed by atoms with Gasteiger partial charge >= 0.3 is 0 Å². The molecule has 3 nitrogen and oxygen atoms in total. The smallest absolute Gasteiger partial charge is 0.275 e. The summed E-state index contributed by atoms with van der Waals surface area (Å²) in [7, 11) is 0. The van der Waals surface area contributed by atoms with Crippen molar-refractivity contribution >= 4 is 33.1 Å². The topological polar surface area (TPSA) is 25.2 Å². The van der Waals surface area contributed by atoms with Gasteiger partial charge in [-0.1, -0.05) is 48.5 Å². The summed E-state index contributed by atoms with van der Waals surface area (Å²) in [6, 6.07) is 24.1. The molecule has 0 aliphatic rings. The molecule has 0 radical (unpaired) electrons. The number of thiophene rings is 1. The van der Waals surface area contributed by atoms with Crippen molar-refractivity contribution in [2.75, 3.05) is 4.90 Å². The maximum absolute atomic E-state index is 13.5. The molecular weight excluding hydrogens is 340 g/mol. The van der Waals surface area contributed by atoms with Gasteiger partial charge in [-0.05, 0) is 42.1 Å². The Labute approximate surface area is 157 Å². The number of hydrogen-bond donors (Lipinski definition) is 0. The summed E-state index contributed by atoms with van der Waals surface area (Å²) in [5, 5.41) is 2.07. The molecule has 0 bridgehead atoms. The number of rotatable bonds is 5. The summed E-state index contributed by atoms with van der Waals surface area (Å²) in [5.41, 5.74) is 3.90. The van der Waals surface area contributed by atoms with E-state index in [0.29, 0.717) is 6.54 Å². The monoisotopic (exact) mass is 360 g/mol. The quantitative estimate of drug-likeness (QED) is 0.457. The van der Waals surface area contributed by atoms with Gasteiger partial charge in [-0.25, -0.2) is 0 Å². The molecule has 0 spiro atoms. The normalized spacial score (nSPS) is 11.0. The number of fused-ring (bicyclic) bond motifs is 1. The van der Waals surface area contributed by atoms with Crippen molar-refractivity contribution in [3.05, 3.63) is 89.4 Å². The Morgan fingerprint density at radius 1 is 1.00 bits per heavy atom. The molecule has 2 aromatic heterocycles. The van der Waals surface area contributed by atoms with E-state index in [1.54, 1.807) is 11.3 Å². The van der Waals surface area contributed by atoms with Crippen LogP contribution in [-0.4, -0.2) is 10.5 Å². The van der Waals surface area contributed by atoms with Crippen molar-refractivity contribution in [2.24, 2.45) is 0 Å². The summed E-state index contributed by atoms with van der Waals surface area (Å²) in [5.74, 6) is 0.0327. The first kappa shape index (κ1) is 16.6. The molecule has 2 aromatic carbocycles. The molecule has 0 fully saturated rings. The van der Waals surface area contributed by atoms with Gasteiger partial charge in [0.15, 0.2) is 0 Å². The molecule has 0 aliphatic carbocycles. The number of carbonyl (C=O) groups is 1. The molecular formula is C22H20N2OS. The minimum Gasteiger partial charge on any atom is -0.336 e. The minimum atomic E-state index is 0.0327. The largest absolute Gasteiger partial charge is 0.336 e. The predicted molar refractivity (Wildman–Crippen MR) is 109 cm³/mol. The summed E-state index contributed by atoms with van der Waals surface area (Å²) in [6.07, 6.45) is 0. The summed E-state index contributed by atoms with van der Waals surface area (Å²) in [4.78, 5) is 15.4. The number of benzene rings is 2. The lowest BCUT2D eigenvalue weighted by Gasteiger charge is -2.24. The van der Waals surface area contributed by atoms with Gasteiger partial charge in [0.05, 0.1) is 16.8 Å². The van der Waals surface area contributed by atoms with Crippen LogP contribution < -0.4 is 4.90 Å². The molecule has 4 aromatic rings. The van der Waals surface area contributed by atoms with Crippen molar-refractivity contribution < 1.29 is 4.79 Å². The van der Waals surface area contributed by atoms with Gasteiger partial charge in [-0.2, -0.15) is 0 Å². The fourth-order valence-electron chi connectivity index (χ4n) is 3.29. The summed E-state index contributed by atoms with van der Waals surface area (Å²) >= 11 is 1.68. The van der Waals surface area contributed by atoms with Gasteiger partial charge in [0.2, 0.25) is 0 Å². The van der Waals surface area contributed by atoms with Crippen LogP contribution in [0.1, 0.15) is 23.0 Å². The fraction of sp³-hybridized carbons (Fsp3) is 0.136. The van der Waals surface area contributed by atoms with Crippen molar-refractivity contribution in [3.63, 3.8) is 0 Å². The Morgan fingerprint density at radius 2 is 1.69 bits per heavy atom. The first-order valence-corrected chi connectivity index (χ1v) is 9.63. The molecule has 26 heavy (non-hydrogen) atoms. The molecule has 0 aliphatic heterocycles. The lowest BCUT2D eigenvalue weighted by atomic mass is 10.2. The Bertz CT molecular complexity index is 1020. The van der Waals surface area contributed by atoms with Crippen molar-refractivity contribution in [3.8, 4) is 0 Å². The van der Waals surface area contributed by atoms with E-state index >= 15 is 0 Å². The SMILES string of the molecule is CCn1c(C(=O)N(Cc2ccccc2)c2ccccc2)cc2sccc21. The first-order chi connectivity index (χ1) is 12.8. The van der Waals surface area contributed by atoms with Gasteiger partial charge in [0, 0.05) is 12.2 Å². The van der Waals surface area contributed by atoms with Crippen LogP contribution in [0.15, 0.2) is 78.2 Å². The van der Waals surface area contributed by atoms with Gasteiger partial charge in [0.25, 0.3) is 5.91 Å². The first-order valence-electron chi connectivity index (χ1n) is 8.75. The number of amides is 1. The van der Waals surface area contributed by atoms with E-state index in [2.05, 4.69) is 35.1 Å². The number of para-hydroxylation sites is 1. The third-order valence-corrected chi connectivity index (χ3v) is 5.41. The van der Waals surface area contributed by atoms with Crippen LogP contribution in [0.2, 0.25) is 0 Å². The second kappa shape index (κ2) is 7.18. The number of aryl methyl sites for hydroxylation is 1. The summed E-state index contributed by atoms with van der Waals surface area (Å²) < 4.78 is 3.26. The lowest BCUT2D eigenvalue weighted by molar-refractivity contribution is 0.0977. The molecule has 0 saturated heterocycles. The molecule has 0 saturated carbocycles. The van der Waals surface area contributed by atoms with Gasteiger partial charge in [-0.15, -0.1) is 11.3 Å². The second-order valence-electron chi connectivity index (χ2n) is 6.16. The van der Waals surface area contributed by atoms with E-state index < -0.39 is 0 Å². The molecule has 1 amide bonds. The molecule has 0 N–H and O–H groups in total. The molecule has 4 rings (SSSR count). The standard InChI is InChI=1S/C22H20N2OS/c1-2-23-19-13-14-26-21(19)15-20(23)22(25)24(18-11-7-4-8-12-18)16-17-9-5-3-6-10-17/h3-15H,2,16H2,1H3. The molecule has 4 heteroatoms. The number of nitrogens with zero attached hydrogens (tertiary/aromatic N) is 2. The third-order valence-electron chi connectivity index (χ3n) is 4.55.